The summed E-state index contributed by atoms with van der Waals surface area (Å²) in [6.45, 7) is 5.10. The van der Waals surface area contributed by atoms with E-state index in [1.54, 1.807) is 0 Å². The smallest absolute Gasteiger partial charge is 0.211 e. The van der Waals surface area contributed by atoms with E-state index < -0.39 is 10.0 Å². The van der Waals surface area contributed by atoms with Gasteiger partial charge in [-0.3, -0.25) is 0 Å². The molecule has 0 saturated heterocycles. The second kappa shape index (κ2) is 6.71. The van der Waals surface area contributed by atoms with Crippen molar-refractivity contribution in [3.8, 4) is 0 Å². The molecule has 0 heterocycles. The monoisotopic (exact) mass is 262 g/mol. The summed E-state index contributed by atoms with van der Waals surface area (Å²) < 4.78 is 26.6. The molecule has 4 nitrogen and oxygen atoms in total. The predicted octanol–water partition coefficient (Wildman–Crippen LogP) is 1.34. The molecule has 1 saturated carbocycles. The van der Waals surface area contributed by atoms with Crippen LogP contribution in [0.5, 0.6) is 0 Å². The van der Waals surface area contributed by atoms with E-state index in [2.05, 4.69) is 23.9 Å². The summed E-state index contributed by atoms with van der Waals surface area (Å²) in [5.74, 6) is 1.38. The molecule has 1 aliphatic carbocycles. The lowest BCUT2D eigenvalue weighted by molar-refractivity contribution is 0.368. The van der Waals surface area contributed by atoms with E-state index in [0.29, 0.717) is 18.3 Å². The number of hydrogen-bond acceptors (Lipinski definition) is 3. The molecule has 1 fully saturated rings. The first-order valence-electron chi connectivity index (χ1n) is 6.64. The number of hydrogen-bond donors (Lipinski definition) is 2. The lowest BCUT2D eigenvalue weighted by atomic mass is 9.94. The molecule has 0 aromatic rings. The second-order valence-corrected chi connectivity index (χ2v) is 6.98. The highest BCUT2D eigenvalue weighted by Crippen LogP contribution is 2.34. The molecule has 0 bridgehead atoms. The Hall–Kier alpha value is -0.130. The molecule has 5 heteroatoms. The van der Waals surface area contributed by atoms with Gasteiger partial charge in [0.25, 0.3) is 0 Å². The molecule has 1 rings (SSSR count). The number of sulfonamides is 1. The molecular formula is C12H26N2O2S. The maximum absolute atomic E-state index is 11.9. The Balaban J connectivity index is 2.43. The Bertz CT molecular complexity index is 316. The molecule has 0 aliphatic heterocycles. The molecule has 3 atom stereocenters. The summed E-state index contributed by atoms with van der Waals surface area (Å²) in [5.41, 5.74) is 0. The lowest BCUT2D eigenvalue weighted by Crippen LogP contribution is -2.39. The average molecular weight is 262 g/mol. The van der Waals surface area contributed by atoms with Gasteiger partial charge >= 0.3 is 0 Å². The minimum absolute atomic E-state index is 0.152. The van der Waals surface area contributed by atoms with Crippen LogP contribution in [0.4, 0.5) is 0 Å². The molecule has 3 unspecified atom stereocenters. The number of rotatable bonds is 7. The van der Waals surface area contributed by atoms with Crippen LogP contribution in [-0.2, 0) is 10.0 Å². The Kier molecular flexibility index (Phi) is 5.89. The fourth-order valence-corrected chi connectivity index (χ4v) is 4.15. The van der Waals surface area contributed by atoms with Crippen molar-refractivity contribution < 1.29 is 8.42 Å². The van der Waals surface area contributed by atoms with Crippen LogP contribution in [-0.4, -0.2) is 33.8 Å². The van der Waals surface area contributed by atoms with Crippen LogP contribution < -0.4 is 10.0 Å². The van der Waals surface area contributed by atoms with Gasteiger partial charge in [-0.1, -0.05) is 20.3 Å². The summed E-state index contributed by atoms with van der Waals surface area (Å²) in [5, 5.41) is 2.97. The van der Waals surface area contributed by atoms with Crippen LogP contribution in [0.1, 0.15) is 39.5 Å². The maximum atomic E-state index is 11.9. The zero-order chi connectivity index (χ0) is 12.9. The third-order valence-corrected chi connectivity index (χ3v) is 5.41. The highest BCUT2D eigenvalue weighted by molar-refractivity contribution is 7.89. The van der Waals surface area contributed by atoms with Crippen molar-refractivity contribution in [1.29, 1.82) is 0 Å². The highest BCUT2D eigenvalue weighted by atomic mass is 32.2. The zero-order valence-corrected chi connectivity index (χ0v) is 12.0. The van der Waals surface area contributed by atoms with E-state index in [1.807, 2.05) is 7.05 Å². The van der Waals surface area contributed by atoms with E-state index in [4.69, 9.17) is 0 Å². The third-order valence-electron chi connectivity index (χ3n) is 3.92. The molecule has 17 heavy (non-hydrogen) atoms. The summed E-state index contributed by atoms with van der Waals surface area (Å²) in [6.07, 6.45) is 3.97. The Labute approximate surface area is 106 Å². The van der Waals surface area contributed by atoms with Crippen LogP contribution in [0.2, 0.25) is 0 Å². The Morgan fingerprint density at radius 1 is 1.29 bits per heavy atom. The van der Waals surface area contributed by atoms with Gasteiger partial charge in [-0.2, -0.15) is 0 Å². The molecule has 102 valence electrons. The molecule has 1 aliphatic rings. The first-order chi connectivity index (χ1) is 8.00. The summed E-state index contributed by atoms with van der Waals surface area (Å²) >= 11 is 0. The van der Waals surface area contributed by atoms with Gasteiger partial charge in [0, 0.05) is 6.04 Å². The minimum atomic E-state index is -3.09. The lowest BCUT2D eigenvalue weighted by Gasteiger charge is -2.20. The molecule has 2 N–H and O–H groups in total. The van der Waals surface area contributed by atoms with Crippen LogP contribution >= 0.6 is 0 Å². The zero-order valence-electron chi connectivity index (χ0n) is 11.2. The van der Waals surface area contributed by atoms with E-state index in [1.165, 1.54) is 0 Å². The minimum Gasteiger partial charge on any atom is -0.320 e. The van der Waals surface area contributed by atoms with Gasteiger partial charge in [-0.05, 0) is 44.7 Å². The van der Waals surface area contributed by atoms with Crippen LogP contribution in [0.3, 0.4) is 0 Å². The molecule has 0 radical (unpaired) electrons. The van der Waals surface area contributed by atoms with Gasteiger partial charge in [-0.15, -0.1) is 0 Å². The van der Waals surface area contributed by atoms with Crippen molar-refractivity contribution in [2.45, 2.75) is 45.6 Å². The van der Waals surface area contributed by atoms with Crippen molar-refractivity contribution in [3.63, 3.8) is 0 Å². The van der Waals surface area contributed by atoms with Gasteiger partial charge in [0.2, 0.25) is 10.0 Å². The third kappa shape index (κ3) is 4.56. The average Bonchev–Trinajstić information content (AvgIpc) is 2.60. The first-order valence-corrected chi connectivity index (χ1v) is 8.30. The SMILES string of the molecule is CCC1CCC(NS(=O)(=O)CCCNC)C1C. The predicted molar refractivity (Wildman–Crippen MR) is 71.4 cm³/mol. The largest absolute Gasteiger partial charge is 0.320 e. The molecule has 0 aromatic heterocycles. The maximum Gasteiger partial charge on any atom is 0.211 e. The topological polar surface area (TPSA) is 58.2 Å². The van der Waals surface area contributed by atoms with Gasteiger partial charge < -0.3 is 5.32 Å². The van der Waals surface area contributed by atoms with Crippen molar-refractivity contribution in [2.75, 3.05) is 19.3 Å². The quantitative estimate of drug-likeness (QED) is 0.681. The summed E-state index contributed by atoms with van der Waals surface area (Å²) in [6, 6.07) is 0.152. The first kappa shape index (κ1) is 14.9. The normalized spacial score (nSPS) is 29.7. The van der Waals surface area contributed by atoms with E-state index in [0.717, 1.165) is 25.8 Å². The summed E-state index contributed by atoms with van der Waals surface area (Å²) in [7, 11) is -1.25. The van der Waals surface area contributed by atoms with E-state index in [-0.39, 0.29) is 11.8 Å². The van der Waals surface area contributed by atoms with E-state index >= 15 is 0 Å². The van der Waals surface area contributed by atoms with Crippen LogP contribution in [0.15, 0.2) is 0 Å². The fraction of sp³-hybridized carbons (Fsp3) is 1.00. The molecular weight excluding hydrogens is 236 g/mol. The fourth-order valence-electron chi connectivity index (χ4n) is 2.72. The summed E-state index contributed by atoms with van der Waals surface area (Å²) in [4.78, 5) is 0. The van der Waals surface area contributed by atoms with Crippen molar-refractivity contribution >= 4 is 10.0 Å². The Morgan fingerprint density at radius 3 is 2.53 bits per heavy atom. The molecule has 0 aromatic carbocycles. The van der Waals surface area contributed by atoms with Crippen LogP contribution in [0, 0.1) is 11.8 Å². The van der Waals surface area contributed by atoms with Gasteiger partial charge in [0.1, 0.15) is 0 Å². The number of nitrogens with one attached hydrogen (secondary N) is 2. The van der Waals surface area contributed by atoms with Crippen LogP contribution in [0.25, 0.3) is 0 Å². The van der Waals surface area contributed by atoms with Crippen molar-refractivity contribution in [1.82, 2.24) is 10.0 Å². The van der Waals surface area contributed by atoms with Gasteiger partial charge in [0.15, 0.2) is 0 Å². The molecule has 0 spiro atoms. The van der Waals surface area contributed by atoms with Crippen molar-refractivity contribution in [3.05, 3.63) is 0 Å². The second-order valence-electron chi connectivity index (χ2n) is 5.11. The standard InChI is InChI=1S/C12H26N2O2S/c1-4-11-6-7-12(10(11)2)14-17(15,16)9-5-8-13-3/h10-14H,4-9H2,1-3H3. The van der Waals surface area contributed by atoms with E-state index in [9.17, 15) is 8.42 Å². The van der Waals surface area contributed by atoms with Gasteiger partial charge in [0.05, 0.1) is 5.75 Å². The highest BCUT2D eigenvalue weighted by Gasteiger charge is 2.33. The van der Waals surface area contributed by atoms with Crippen molar-refractivity contribution in [2.24, 2.45) is 11.8 Å². The molecule has 0 amide bonds. The van der Waals surface area contributed by atoms with Gasteiger partial charge in [-0.25, -0.2) is 13.1 Å². The Morgan fingerprint density at radius 2 is 2.00 bits per heavy atom.